The van der Waals surface area contributed by atoms with Gasteiger partial charge in [0.15, 0.2) is 0 Å². The molecule has 0 bridgehead atoms. The molecule has 0 aliphatic heterocycles. The van der Waals surface area contributed by atoms with Gasteiger partial charge in [-0.2, -0.15) is 0 Å². The van der Waals surface area contributed by atoms with Gasteiger partial charge in [0.2, 0.25) is 5.78 Å². The Morgan fingerprint density at radius 1 is 0.862 bits per heavy atom. The summed E-state index contributed by atoms with van der Waals surface area (Å²) in [5.41, 5.74) is 2.15. The molecular weight excluding hydrogens is 386 g/mol. The van der Waals surface area contributed by atoms with Gasteiger partial charge in [0.05, 0.1) is 11.4 Å². The predicted octanol–water partition coefficient (Wildman–Crippen LogP) is 3.30. The average molecular weight is 407 g/mol. The minimum atomic E-state index is -0.736. The molecule has 0 atom stereocenters. The number of hydrogen-bond donors (Lipinski definition) is 2. The maximum absolute atomic E-state index is 12.4. The van der Waals surface area contributed by atoms with Gasteiger partial charge in [0.25, 0.3) is 0 Å². The molecule has 29 heavy (non-hydrogen) atoms. The van der Waals surface area contributed by atoms with E-state index in [4.69, 9.17) is 0 Å². The van der Waals surface area contributed by atoms with Crippen LogP contribution in [-0.2, 0) is 16.1 Å². The summed E-state index contributed by atoms with van der Waals surface area (Å²) in [5.74, 6) is -1.53. The molecule has 0 spiro atoms. The molecule has 3 rings (SSSR count). The van der Waals surface area contributed by atoms with Crippen molar-refractivity contribution in [3.63, 3.8) is 0 Å². The molecule has 1 aromatic heterocycles. The SMILES string of the molecule is CN(C)c1ccc(NC(=O)C(=O)NCc2ccc(C(=O)c3ccccc3)s2)cc1. The van der Waals surface area contributed by atoms with Crippen molar-refractivity contribution in [2.45, 2.75) is 6.54 Å². The van der Waals surface area contributed by atoms with Crippen molar-refractivity contribution in [2.24, 2.45) is 0 Å². The van der Waals surface area contributed by atoms with Crippen molar-refractivity contribution < 1.29 is 14.4 Å². The van der Waals surface area contributed by atoms with E-state index in [1.54, 1.807) is 36.4 Å². The lowest BCUT2D eigenvalue weighted by Gasteiger charge is -2.13. The first-order chi connectivity index (χ1) is 13.9. The molecule has 0 aliphatic rings. The molecule has 0 fully saturated rings. The second kappa shape index (κ2) is 9.16. The fourth-order valence-electron chi connectivity index (χ4n) is 2.61. The maximum Gasteiger partial charge on any atom is 0.313 e. The zero-order valence-corrected chi connectivity index (χ0v) is 17.0. The highest BCUT2D eigenvalue weighted by Gasteiger charge is 2.15. The van der Waals surface area contributed by atoms with E-state index in [1.807, 2.05) is 49.3 Å². The number of ketones is 1. The number of anilines is 2. The molecule has 6 nitrogen and oxygen atoms in total. The van der Waals surface area contributed by atoms with Crippen LogP contribution in [0.1, 0.15) is 20.1 Å². The van der Waals surface area contributed by atoms with Gasteiger partial charge in [-0.25, -0.2) is 0 Å². The molecule has 1 heterocycles. The van der Waals surface area contributed by atoms with Gasteiger partial charge in [-0.05, 0) is 36.4 Å². The van der Waals surface area contributed by atoms with Gasteiger partial charge in [-0.1, -0.05) is 30.3 Å². The summed E-state index contributed by atoms with van der Waals surface area (Å²) in [7, 11) is 3.84. The van der Waals surface area contributed by atoms with Crippen LogP contribution in [-0.4, -0.2) is 31.7 Å². The highest BCUT2D eigenvalue weighted by Crippen LogP contribution is 2.20. The first kappa shape index (κ1) is 20.3. The summed E-state index contributed by atoms with van der Waals surface area (Å²) in [4.78, 5) is 39.9. The number of thiophene rings is 1. The standard InChI is InChI=1S/C22H21N3O3S/c1-25(2)17-10-8-16(9-11-17)24-22(28)21(27)23-14-18-12-13-19(29-18)20(26)15-6-4-3-5-7-15/h3-13H,14H2,1-2H3,(H,23,27)(H,24,28). The van der Waals surface area contributed by atoms with Crippen molar-refractivity contribution in [2.75, 3.05) is 24.3 Å². The topological polar surface area (TPSA) is 78.5 Å². The summed E-state index contributed by atoms with van der Waals surface area (Å²) in [6.07, 6.45) is 0. The Morgan fingerprint density at radius 3 is 2.21 bits per heavy atom. The highest BCUT2D eigenvalue weighted by atomic mass is 32.1. The van der Waals surface area contributed by atoms with Crippen LogP contribution < -0.4 is 15.5 Å². The highest BCUT2D eigenvalue weighted by molar-refractivity contribution is 7.14. The molecule has 2 N–H and O–H groups in total. The molecule has 7 heteroatoms. The van der Waals surface area contributed by atoms with Crippen LogP contribution in [0.25, 0.3) is 0 Å². The van der Waals surface area contributed by atoms with Crippen molar-refractivity contribution in [1.82, 2.24) is 5.32 Å². The summed E-state index contributed by atoms with van der Waals surface area (Å²) < 4.78 is 0. The van der Waals surface area contributed by atoms with Gasteiger partial charge in [-0.15, -0.1) is 11.3 Å². The third kappa shape index (κ3) is 5.30. The molecule has 0 unspecified atom stereocenters. The van der Waals surface area contributed by atoms with Crippen LogP contribution in [0.4, 0.5) is 11.4 Å². The Bertz CT molecular complexity index is 1010. The summed E-state index contributed by atoms with van der Waals surface area (Å²) in [5, 5.41) is 5.15. The molecule has 0 saturated carbocycles. The van der Waals surface area contributed by atoms with Crippen molar-refractivity contribution >= 4 is 40.3 Å². The largest absolute Gasteiger partial charge is 0.378 e. The van der Waals surface area contributed by atoms with Crippen LogP contribution in [0.15, 0.2) is 66.7 Å². The van der Waals surface area contributed by atoms with Crippen molar-refractivity contribution in [1.29, 1.82) is 0 Å². The van der Waals surface area contributed by atoms with Crippen LogP contribution >= 0.6 is 11.3 Å². The van der Waals surface area contributed by atoms with E-state index in [9.17, 15) is 14.4 Å². The lowest BCUT2D eigenvalue weighted by Crippen LogP contribution is -2.34. The first-order valence-electron chi connectivity index (χ1n) is 8.99. The Balaban J connectivity index is 1.53. The number of hydrogen-bond acceptors (Lipinski definition) is 5. The lowest BCUT2D eigenvalue weighted by atomic mass is 10.1. The molecular formula is C22H21N3O3S. The number of amides is 2. The predicted molar refractivity (Wildman–Crippen MR) is 115 cm³/mol. The fraction of sp³-hybridized carbons (Fsp3) is 0.136. The van der Waals surface area contributed by atoms with Crippen LogP contribution in [0, 0.1) is 0 Å². The van der Waals surface area contributed by atoms with E-state index in [0.717, 1.165) is 10.6 Å². The second-order valence-corrected chi connectivity index (χ2v) is 7.71. The quantitative estimate of drug-likeness (QED) is 0.485. The number of carbonyl (C=O) groups is 3. The fourth-order valence-corrected chi connectivity index (χ4v) is 3.51. The van der Waals surface area contributed by atoms with Crippen molar-refractivity contribution in [3.8, 4) is 0 Å². The number of rotatable bonds is 6. The lowest BCUT2D eigenvalue weighted by molar-refractivity contribution is -0.136. The third-order valence-corrected chi connectivity index (χ3v) is 5.28. The Labute approximate surface area is 173 Å². The minimum Gasteiger partial charge on any atom is -0.378 e. The molecule has 2 amide bonds. The van der Waals surface area contributed by atoms with E-state index in [1.165, 1.54) is 11.3 Å². The zero-order chi connectivity index (χ0) is 20.8. The van der Waals surface area contributed by atoms with Gasteiger partial charge in [0.1, 0.15) is 0 Å². The van der Waals surface area contributed by atoms with Crippen molar-refractivity contribution in [3.05, 3.63) is 82.0 Å². The van der Waals surface area contributed by atoms with E-state index in [0.29, 0.717) is 16.1 Å². The number of nitrogens with zero attached hydrogens (tertiary/aromatic N) is 1. The van der Waals surface area contributed by atoms with Gasteiger partial charge in [-0.3, -0.25) is 14.4 Å². The van der Waals surface area contributed by atoms with Crippen LogP contribution in [0.3, 0.4) is 0 Å². The van der Waals surface area contributed by atoms with E-state index in [-0.39, 0.29) is 12.3 Å². The maximum atomic E-state index is 12.4. The Hall–Kier alpha value is -3.45. The summed E-state index contributed by atoms with van der Waals surface area (Å²) >= 11 is 1.30. The van der Waals surface area contributed by atoms with Gasteiger partial charge >= 0.3 is 11.8 Å². The molecule has 0 radical (unpaired) electrons. The Kier molecular flexibility index (Phi) is 6.41. The third-order valence-electron chi connectivity index (χ3n) is 4.19. The average Bonchev–Trinajstić information content (AvgIpc) is 3.21. The van der Waals surface area contributed by atoms with Gasteiger partial charge < -0.3 is 15.5 Å². The smallest absolute Gasteiger partial charge is 0.313 e. The van der Waals surface area contributed by atoms with Gasteiger partial charge in [0, 0.05) is 35.9 Å². The minimum absolute atomic E-state index is 0.0629. The number of nitrogens with one attached hydrogen (secondary N) is 2. The number of carbonyl (C=O) groups excluding carboxylic acids is 3. The second-order valence-electron chi connectivity index (χ2n) is 6.54. The van der Waals surface area contributed by atoms with Crippen LogP contribution in [0.2, 0.25) is 0 Å². The van der Waals surface area contributed by atoms with Crippen LogP contribution in [0.5, 0.6) is 0 Å². The number of benzene rings is 2. The monoisotopic (exact) mass is 407 g/mol. The summed E-state index contributed by atoms with van der Waals surface area (Å²) in [6, 6.07) is 19.7. The Morgan fingerprint density at radius 2 is 1.55 bits per heavy atom. The molecule has 3 aromatic rings. The van der Waals surface area contributed by atoms with E-state index in [2.05, 4.69) is 10.6 Å². The first-order valence-corrected chi connectivity index (χ1v) is 9.80. The molecule has 148 valence electrons. The molecule has 0 aliphatic carbocycles. The van der Waals surface area contributed by atoms with E-state index >= 15 is 0 Å². The molecule has 2 aromatic carbocycles. The normalized spacial score (nSPS) is 10.3. The molecule has 0 saturated heterocycles. The van der Waals surface area contributed by atoms with E-state index < -0.39 is 11.8 Å². The zero-order valence-electron chi connectivity index (χ0n) is 16.1. The summed E-state index contributed by atoms with van der Waals surface area (Å²) in [6.45, 7) is 0.179.